The maximum Gasteiger partial charge on any atom is 0.427 e. The third-order valence-corrected chi connectivity index (χ3v) is 5.41. The quantitative estimate of drug-likeness (QED) is 0.428. The van der Waals surface area contributed by atoms with Crippen molar-refractivity contribution in [3.63, 3.8) is 0 Å². The highest BCUT2D eigenvalue weighted by Gasteiger charge is 2.58. The summed E-state index contributed by atoms with van der Waals surface area (Å²) < 4.78 is 44.7. The number of rotatable bonds is 3. The van der Waals surface area contributed by atoms with Crippen molar-refractivity contribution in [3.8, 4) is 5.69 Å². The molecule has 7 heteroatoms. The molecule has 1 unspecified atom stereocenters. The Morgan fingerprint density at radius 3 is 2.32 bits per heavy atom. The predicted molar refractivity (Wildman–Crippen MR) is 112 cm³/mol. The zero-order valence-corrected chi connectivity index (χ0v) is 16.1. The number of aliphatic hydroxyl groups is 1. The van der Waals surface area contributed by atoms with Gasteiger partial charge in [0.05, 0.1) is 23.1 Å². The van der Waals surface area contributed by atoms with Crippen molar-refractivity contribution in [3.05, 3.63) is 103 Å². The van der Waals surface area contributed by atoms with Crippen LogP contribution in [0.15, 0.2) is 91.3 Å². The van der Waals surface area contributed by atoms with E-state index >= 15 is 0 Å². The lowest BCUT2D eigenvalue weighted by Gasteiger charge is -2.31. The molecule has 0 saturated carbocycles. The summed E-state index contributed by atoms with van der Waals surface area (Å²) in [7, 11) is 0. The zero-order chi connectivity index (χ0) is 21.6. The number of pyridine rings is 1. The molecule has 4 nitrogen and oxygen atoms in total. The fourth-order valence-electron chi connectivity index (χ4n) is 3.88. The van der Waals surface area contributed by atoms with Gasteiger partial charge in [-0.3, -0.25) is 4.98 Å². The van der Waals surface area contributed by atoms with Crippen LogP contribution in [0.5, 0.6) is 0 Å². The van der Waals surface area contributed by atoms with E-state index in [0.717, 1.165) is 5.69 Å². The van der Waals surface area contributed by atoms with Crippen LogP contribution in [-0.4, -0.2) is 26.0 Å². The van der Waals surface area contributed by atoms with Gasteiger partial charge in [0, 0.05) is 17.0 Å². The average molecular weight is 419 g/mol. The Kier molecular flexibility index (Phi) is 4.30. The minimum absolute atomic E-state index is 0.241. The molecule has 5 aromatic rings. The van der Waals surface area contributed by atoms with Gasteiger partial charge in [0.25, 0.3) is 0 Å². The fraction of sp³-hybridized carbons (Fsp3) is 0.0833. The maximum absolute atomic E-state index is 14.4. The summed E-state index contributed by atoms with van der Waals surface area (Å²) in [5.74, 6) is 0. The molecular formula is C24H16F3N3O. The van der Waals surface area contributed by atoms with E-state index in [4.69, 9.17) is 0 Å². The van der Waals surface area contributed by atoms with Gasteiger partial charge in [-0.05, 0) is 41.3 Å². The molecule has 0 aliphatic rings. The first-order chi connectivity index (χ1) is 14.9. The van der Waals surface area contributed by atoms with E-state index in [1.807, 2.05) is 30.3 Å². The lowest BCUT2D eigenvalue weighted by Crippen LogP contribution is -2.44. The van der Waals surface area contributed by atoms with Gasteiger partial charge < -0.3 is 5.11 Å². The van der Waals surface area contributed by atoms with Crippen LogP contribution in [0.1, 0.15) is 11.3 Å². The number of hydrogen-bond donors (Lipinski definition) is 1. The molecule has 31 heavy (non-hydrogen) atoms. The molecule has 1 N–H and O–H groups in total. The lowest BCUT2D eigenvalue weighted by atomic mass is 9.86. The molecule has 0 aliphatic heterocycles. The van der Waals surface area contributed by atoms with Crippen molar-refractivity contribution >= 4 is 21.7 Å². The van der Waals surface area contributed by atoms with E-state index in [0.29, 0.717) is 16.3 Å². The average Bonchev–Trinajstić information content (AvgIpc) is 3.21. The Morgan fingerprint density at radius 2 is 1.55 bits per heavy atom. The van der Waals surface area contributed by atoms with Crippen molar-refractivity contribution in [1.29, 1.82) is 0 Å². The molecule has 5 rings (SSSR count). The number of benzene rings is 3. The molecule has 0 spiro atoms. The van der Waals surface area contributed by atoms with E-state index in [-0.39, 0.29) is 10.9 Å². The molecule has 0 aliphatic carbocycles. The van der Waals surface area contributed by atoms with Crippen molar-refractivity contribution in [2.75, 3.05) is 0 Å². The van der Waals surface area contributed by atoms with Gasteiger partial charge in [0.1, 0.15) is 0 Å². The van der Waals surface area contributed by atoms with Gasteiger partial charge in [-0.15, -0.1) is 0 Å². The summed E-state index contributed by atoms with van der Waals surface area (Å²) >= 11 is 0. The Morgan fingerprint density at radius 1 is 0.806 bits per heavy atom. The second-order valence-electron chi connectivity index (χ2n) is 7.25. The van der Waals surface area contributed by atoms with Crippen LogP contribution in [0.25, 0.3) is 27.4 Å². The first-order valence-corrected chi connectivity index (χ1v) is 9.56. The number of fused-ring (bicyclic) bond motifs is 2. The molecule has 0 fully saturated rings. The second kappa shape index (κ2) is 6.92. The summed E-state index contributed by atoms with van der Waals surface area (Å²) in [6, 6.07) is 21.6. The Bertz CT molecular complexity index is 1390. The first-order valence-electron chi connectivity index (χ1n) is 9.56. The Hall–Kier alpha value is -3.71. The van der Waals surface area contributed by atoms with Crippen molar-refractivity contribution < 1.29 is 18.3 Å². The highest BCUT2D eigenvalue weighted by molar-refractivity contribution is 5.86. The fourth-order valence-corrected chi connectivity index (χ4v) is 3.88. The summed E-state index contributed by atoms with van der Waals surface area (Å²) in [6.45, 7) is 0. The Balaban J connectivity index is 1.73. The zero-order valence-electron chi connectivity index (χ0n) is 16.1. The van der Waals surface area contributed by atoms with Crippen LogP contribution in [0, 0.1) is 0 Å². The van der Waals surface area contributed by atoms with E-state index in [1.54, 1.807) is 28.9 Å². The maximum atomic E-state index is 14.4. The van der Waals surface area contributed by atoms with Crippen LogP contribution in [0.2, 0.25) is 0 Å². The summed E-state index contributed by atoms with van der Waals surface area (Å²) in [5, 5.41) is 16.7. The minimum Gasteiger partial charge on any atom is -0.371 e. The van der Waals surface area contributed by atoms with E-state index < -0.39 is 17.5 Å². The van der Waals surface area contributed by atoms with Crippen LogP contribution in [0.4, 0.5) is 13.2 Å². The monoisotopic (exact) mass is 419 g/mol. The normalized spacial score (nSPS) is 14.1. The molecule has 3 aromatic carbocycles. The topological polar surface area (TPSA) is 50.9 Å². The van der Waals surface area contributed by atoms with Crippen molar-refractivity contribution in [2.45, 2.75) is 11.8 Å². The van der Waals surface area contributed by atoms with Crippen molar-refractivity contribution in [1.82, 2.24) is 14.8 Å². The summed E-state index contributed by atoms with van der Waals surface area (Å²) in [6.07, 6.45) is -2.23. The van der Waals surface area contributed by atoms with Gasteiger partial charge in [-0.2, -0.15) is 18.3 Å². The highest BCUT2D eigenvalue weighted by Crippen LogP contribution is 2.46. The minimum atomic E-state index is -4.99. The van der Waals surface area contributed by atoms with Crippen LogP contribution >= 0.6 is 0 Å². The lowest BCUT2D eigenvalue weighted by molar-refractivity contribution is -0.249. The number of aromatic nitrogens is 3. The third kappa shape index (κ3) is 2.97. The molecule has 0 saturated heterocycles. The number of hydrogen-bond acceptors (Lipinski definition) is 3. The van der Waals surface area contributed by atoms with Gasteiger partial charge in [0.15, 0.2) is 0 Å². The third-order valence-electron chi connectivity index (χ3n) is 5.41. The molecule has 0 amide bonds. The molecule has 2 heterocycles. The van der Waals surface area contributed by atoms with Gasteiger partial charge >= 0.3 is 6.18 Å². The smallest absolute Gasteiger partial charge is 0.371 e. The SMILES string of the molecule is OC(c1ccc2c(cnn2-c2ccccc2)c1)(c1nccc2ccccc12)C(F)(F)F. The number of para-hydroxylation sites is 1. The molecule has 1 atom stereocenters. The van der Waals surface area contributed by atoms with Gasteiger partial charge in [0.2, 0.25) is 5.60 Å². The van der Waals surface area contributed by atoms with Crippen molar-refractivity contribution in [2.24, 2.45) is 0 Å². The predicted octanol–water partition coefficient (Wildman–Crippen LogP) is 5.37. The number of nitrogens with zero attached hydrogens (tertiary/aromatic N) is 3. The highest BCUT2D eigenvalue weighted by atomic mass is 19.4. The van der Waals surface area contributed by atoms with Crippen LogP contribution < -0.4 is 0 Å². The summed E-state index contributed by atoms with van der Waals surface area (Å²) in [4.78, 5) is 3.96. The van der Waals surface area contributed by atoms with E-state index in [1.165, 1.54) is 36.7 Å². The Labute approximate surface area is 175 Å². The second-order valence-corrected chi connectivity index (χ2v) is 7.25. The molecule has 2 aromatic heterocycles. The van der Waals surface area contributed by atoms with Crippen LogP contribution in [-0.2, 0) is 5.60 Å². The molecular weight excluding hydrogens is 403 g/mol. The van der Waals surface area contributed by atoms with Crippen LogP contribution in [0.3, 0.4) is 0 Å². The van der Waals surface area contributed by atoms with Gasteiger partial charge in [-0.1, -0.05) is 48.5 Å². The van der Waals surface area contributed by atoms with Gasteiger partial charge in [-0.25, -0.2) is 4.68 Å². The molecule has 154 valence electrons. The largest absolute Gasteiger partial charge is 0.427 e. The number of halogens is 3. The van der Waals surface area contributed by atoms with E-state index in [9.17, 15) is 18.3 Å². The molecule has 0 bridgehead atoms. The first kappa shape index (κ1) is 19.3. The van der Waals surface area contributed by atoms with E-state index in [2.05, 4.69) is 10.1 Å². The standard InChI is InChI=1S/C24H16F3N3O/c25-24(26,27)23(31,22-20-9-5-4-6-16(20)12-13-28-22)18-10-11-21-17(14-18)15-29-30(21)19-7-2-1-3-8-19/h1-15,31H. The summed E-state index contributed by atoms with van der Waals surface area (Å²) in [5.41, 5.74) is -2.63. The molecule has 0 radical (unpaired) electrons. The number of alkyl halides is 3.